The number of nitrogens with zero attached hydrogens (tertiary/aromatic N) is 1. The number of hydrogen-bond donors (Lipinski definition) is 2. The Morgan fingerprint density at radius 2 is 2.08 bits per heavy atom. The largest absolute Gasteiger partial charge is 0.504 e. The van der Waals surface area contributed by atoms with Crippen molar-refractivity contribution in [2.24, 2.45) is 4.99 Å². The second-order valence-corrected chi connectivity index (χ2v) is 6.28. The highest BCUT2D eigenvalue weighted by Gasteiger charge is 2.23. The van der Waals surface area contributed by atoms with Crippen molar-refractivity contribution in [2.75, 3.05) is 7.11 Å². The molecular weight excluding hydrogens is 324 g/mol. The summed E-state index contributed by atoms with van der Waals surface area (Å²) in [5.74, 6) is 0.227. The summed E-state index contributed by atoms with van der Waals surface area (Å²) >= 11 is 1.28. The molecule has 2 aromatic rings. The van der Waals surface area contributed by atoms with Gasteiger partial charge in [-0.15, -0.1) is 0 Å². The van der Waals surface area contributed by atoms with Gasteiger partial charge in [0.15, 0.2) is 16.7 Å². The average Bonchev–Trinajstić information content (AvgIpc) is 2.88. The number of benzene rings is 2. The van der Waals surface area contributed by atoms with Crippen LogP contribution in [0.15, 0.2) is 52.4 Å². The van der Waals surface area contributed by atoms with E-state index in [-0.39, 0.29) is 11.7 Å². The van der Waals surface area contributed by atoms with Crippen molar-refractivity contribution in [3.63, 3.8) is 0 Å². The van der Waals surface area contributed by atoms with Gasteiger partial charge >= 0.3 is 0 Å². The van der Waals surface area contributed by atoms with Gasteiger partial charge in [0.25, 0.3) is 5.91 Å². The number of hydrogen-bond acceptors (Lipinski definition) is 5. The molecule has 122 valence electrons. The van der Waals surface area contributed by atoms with Crippen LogP contribution in [0.2, 0.25) is 0 Å². The molecule has 3 rings (SSSR count). The normalized spacial score (nSPS) is 17.3. The molecule has 1 fully saturated rings. The number of ether oxygens (including phenoxy) is 1. The van der Waals surface area contributed by atoms with Crippen LogP contribution in [0.25, 0.3) is 6.08 Å². The van der Waals surface area contributed by atoms with Crippen molar-refractivity contribution in [3.8, 4) is 11.5 Å². The molecule has 6 heteroatoms. The number of rotatable bonds is 3. The Morgan fingerprint density at radius 3 is 2.83 bits per heavy atom. The van der Waals surface area contributed by atoms with E-state index < -0.39 is 0 Å². The fourth-order valence-corrected chi connectivity index (χ4v) is 3.07. The lowest BCUT2D eigenvalue weighted by atomic mass is 10.2. The summed E-state index contributed by atoms with van der Waals surface area (Å²) in [5, 5.41) is 12.9. The predicted octanol–water partition coefficient (Wildman–Crippen LogP) is 3.60. The molecule has 1 aliphatic heterocycles. The Kier molecular flexibility index (Phi) is 4.57. The number of aromatic hydroxyl groups is 1. The van der Waals surface area contributed by atoms with E-state index in [1.165, 1.54) is 24.9 Å². The fourth-order valence-electron chi connectivity index (χ4n) is 2.23. The Morgan fingerprint density at radius 1 is 1.25 bits per heavy atom. The molecule has 0 spiro atoms. The summed E-state index contributed by atoms with van der Waals surface area (Å²) in [6.45, 7) is 1.99. The first-order valence-corrected chi connectivity index (χ1v) is 8.10. The molecule has 1 amide bonds. The fraction of sp³-hybridized carbons (Fsp3) is 0.111. The zero-order valence-corrected chi connectivity index (χ0v) is 14.1. The zero-order valence-electron chi connectivity index (χ0n) is 13.2. The minimum Gasteiger partial charge on any atom is -0.504 e. The van der Waals surface area contributed by atoms with Gasteiger partial charge < -0.3 is 15.2 Å². The van der Waals surface area contributed by atoms with E-state index in [1.54, 1.807) is 18.2 Å². The van der Waals surface area contributed by atoms with Crippen LogP contribution in [0.4, 0.5) is 5.69 Å². The van der Waals surface area contributed by atoms with Gasteiger partial charge in [-0.2, -0.15) is 0 Å². The SMILES string of the molecule is COc1cc(/C=C2/SC(=Nc3cccc(C)c3)NC2=O)ccc1O. The van der Waals surface area contributed by atoms with Gasteiger partial charge in [0, 0.05) is 0 Å². The van der Waals surface area contributed by atoms with Crippen LogP contribution in [-0.2, 0) is 4.79 Å². The van der Waals surface area contributed by atoms with Gasteiger partial charge in [0.05, 0.1) is 17.7 Å². The van der Waals surface area contributed by atoms with Crippen molar-refractivity contribution < 1.29 is 14.6 Å². The summed E-state index contributed by atoms with van der Waals surface area (Å²) in [4.78, 5) is 17.1. The monoisotopic (exact) mass is 340 g/mol. The highest BCUT2D eigenvalue weighted by Crippen LogP contribution is 2.31. The number of amides is 1. The van der Waals surface area contributed by atoms with Crippen LogP contribution < -0.4 is 10.1 Å². The summed E-state index contributed by atoms with van der Waals surface area (Å²) in [6, 6.07) is 12.7. The quantitative estimate of drug-likeness (QED) is 0.838. The minimum atomic E-state index is -0.196. The third-order valence-corrected chi connectivity index (χ3v) is 4.29. The maximum atomic E-state index is 12.1. The van der Waals surface area contributed by atoms with Crippen molar-refractivity contribution in [1.29, 1.82) is 0 Å². The van der Waals surface area contributed by atoms with E-state index in [1.807, 2.05) is 31.2 Å². The van der Waals surface area contributed by atoms with E-state index >= 15 is 0 Å². The number of phenols is 1. The molecule has 1 heterocycles. The zero-order chi connectivity index (χ0) is 17.1. The molecule has 0 saturated carbocycles. The van der Waals surface area contributed by atoms with Crippen molar-refractivity contribution in [2.45, 2.75) is 6.92 Å². The van der Waals surface area contributed by atoms with Crippen LogP contribution in [0.5, 0.6) is 11.5 Å². The molecular formula is C18H16N2O3S. The van der Waals surface area contributed by atoms with Gasteiger partial charge in [-0.05, 0) is 60.2 Å². The molecule has 2 N–H and O–H groups in total. The van der Waals surface area contributed by atoms with Crippen molar-refractivity contribution in [1.82, 2.24) is 5.32 Å². The van der Waals surface area contributed by atoms with Gasteiger partial charge in [0.2, 0.25) is 0 Å². The molecule has 5 nitrogen and oxygen atoms in total. The number of carbonyl (C=O) groups excluding carboxylic acids is 1. The molecule has 24 heavy (non-hydrogen) atoms. The third kappa shape index (κ3) is 3.60. The number of nitrogens with one attached hydrogen (secondary N) is 1. The first-order valence-electron chi connectivity index (χ1n) is 7.28. The number of amidine groups is 1. The van der Waals surface area contributed by atoms with Crippen LogP contribution in [-0.4, -0.2) is 23.3 Å². The molecule has 0 unspecified atom stereocenters. The second-order valence-electron chi connectivity index (χ2n) is 5.25. The first kappa shape index (κ1) is 16.1. The second kappa shape index (κ2) is 6.80. The molecule has 2 aromatic carbocycles. The number of thioether (sulfide) groups is 1. The lowest BCUT2D eigenvalue weighted by Gasteiger charge is -2.03. The predicted molar refractivity (Wildman–Crippen MR) is 96.6 cm³/mol. The molecule has 0 bridgehead atoms. The molecule has 0 aromatic heterocycles. The summed E-state index contributed by atoms with van der Waals surface area (Å²) in [5.41, 5.74) is 2.67. The number of aryl methyl sites for hydroxylation is 1. The number of carbonyl (C=O) groups is 1. The van der Waals surface area contributed by atoms with Crippen molar-refractivity contribution >= 4 is 34.6 Å². The molecule has 0 aliphatic carbocycles. The number of phenolic OH excluding ortho intramolecular Hbond substituents is 1. The molecule has 0 radical (unpaired) electrons. The van der Waals surface area contributed by atoms with Crippen LogP contribution in [0, 0.1) is 6.92 Å². The van der Waals surface area contributed by atoms with Crippen molar-refractivity contribution in [3.05, 3.63) is 58.5 Å². The lowest BCUT2D eigenvalue weighted by Crippen LogP contribution is -2.19. The summed E-state index contributed by atoms with van der Waals surface area (Å²) in [6.07, 6.45) is 1.74. The third-order valence-electron chi connectivity index (χ3n) is 3.38. The standard InChI is InChI=1S/C18H16N2O3S/c1-11-4-3-5-13(8-11)19-18-20-17(22)16(24-18)10-12-6-7-14(21)15(9-12)23-2/h3-10,21H,1-2H3,(H,19,20,22)/b16-10+. The highest BCUT2D eigenvalue weighted by atomic mass is 32.2. The highest BCUT2D eigenvalue weighted by molar-refractivity contribution is 8.18. The molecule has 0 atom stereocenters. The molecule has 1 saturated heterocycles. The Balaban J connectivity index is 1.84. The Hall–Kier alpha value is -2.73. The van der Waals surface area contributed by atoms with Gasteiger partial charge in [-0.3, -0.25) is 4.79 Å². The Bertz CT molecular complexity index is 859. The van der Waals surface area contributed by atoms with E-state index in [2.05, 4.69) is 10.3 Å². The maximum Gasteiger partial charge on any atom is 0.264 e. The van der Waals surface area contributed by atoms with Crippen LogP contribution in [0.1, 0.15) is 11.1 Å². The lowest BCUT2D eigenvalue weighted by molar-refractivity contribution is -0.115. The number of aliphatic imine (C=N–C) groups is 1. The van der Waals surface area contributed by atoms with E-state index in [0.29, 0.717) is 15.8 Å². The van der Waals surface area contributed by atoms with E-state index in [9.17, 15) is 9.90 Å². The van der Waals surface area contributed by atoms with E-state index in [4.69, 9.17) is 4.74 Å². The van der Waals surface area contributed by atoms with Gasteiger partial charge in [0.1, 0.15) is 0 Å². The summed E-state index contributed by atoms with van der Waals surface area (Å²) in [7, 11) is 1.48. The average molecular weight is 340 g/mol. The van der Waals surface area contributed by atoms with Gasteiger partial charge in [-0.1, -0.05) is 18.2 Å². The first-order chi connectivity index (χ1) is 11.5. The van der Waals surface area contributed by atoms with Gasteiger partial charge in [-0.25, -0.2) is 4.99 Å². The smallest absolute Gasteiger partial charge is 0.264 e. The minimum absolute atomic E-state index is 0.0601. The number of methoxy groups -OCH3 is 1. The Labute approximate surface area is 144 Å². The van der Waals surface area contributed by atoms with E-state index in [0.717, 1.165) is 16.8 Å². The topological polar surface area (TPSA) is 70.9 Å². The maximum absolute atomic E-state index is 12.1. The summed E-state index contributed by atoms with van der Waals surface area (Å²) < 4.78 is 5.08. The van der Waals surface area contributed by atoms with Crippen LogP contribution >= 0.6 is 11.8 Å². The molecule has 1 aliphatic rings. The van der Waals surface area contributed by atoms with Crippen LogP contribution in [0.3, 0.4) is 0 Å².